The molecule has 3 nitrogen and oxygen atoms in total. The van der Waals surface area contributed by atoms with Gasteiger partial charge >= 0.3 is 5.97 Å². The van der Waals surface area contributed by atoms with Crippen LogP contribution in [0.1, 0.15) is 19.4 Å². The van der Waals surface area contributed by atoms with Crippen molar-refractivity contribution in [1.29, 1.82) is 0 Å². The van der Waals surface area contributed by atoms with Crippen molar-refractivity contribution >= 4 is 5.97 Å². The van der Waals surface area contributed by atoms with Gasteiger partial charge in [0.2, 0.25) is 0 Å². The maximum atomic E-state index is 13.5. The molecule has 0 unspecified atom stereocenters. The number of halogens is 2. The number of carbonyl (C=O) groups is 1. The highest BCUT2D eigenvalue weighted by Crippen LogP contribution is 2.14. The van der Waals surface area contributed by atoms with Gasteiger partial charge < -0.3 is 4.74 Å². The van der Waals surface area contributed by atoms with Crippen molar-refractivity contribution < 1.29 is 18.3 Å². The zero-order chi connectivity index (χ0) is 13.7. The van der Waals surface area contributed by atoms with E-state index in [-0.39, 0.29) is 24.7 Å². The van der Waals surface area contributed by atoms with Crippen LogP contribution in [-0.2, 0) is 16.1 Å². The highest BCUT2D eigenvalue weighted by Gasteiger charge is 2.16. The van der Waals surface area contributed by atoms with Gasteiger partial charge in [-0.15, -0.1) is 0 Å². The number of hydrogen-bond donors (Lipinski definition) is 0. The molecule has 1 rings (SSSR count). The van der Waals surface area contributed by atoms with E-state index >= 15 is 0 Å². The van der Waals surface area contributed by atoms with E-state index < -0.39 is 17.6 Å². The lowest BCUT2D eigenvalue weighted by Crippen LogP contribution is -2.35. The van der Waals surface area contributed by atoms with Crippen LogP contribution in [-0.4, -0.2) is 30.6 Å². The van der Waals surface area contributed by atoms with Crippen LogP contribution in [0.15, 0.2) is 18.2 Å². The van der Waals surface area contributed by atoms with E-state index in [0.717, 1.165) is 18.2 Å². The zero-order valence-electron chi connectivity index (χ0n) is 10.7. The Bertz CT molecular complexity index is 421. The smallest absolute Gasteiger partial charge is 0.319 e. The topological polar surface area (TPSA) is 29.5 Å². The molecule has 0 aliphatic carbocycles. The Balaban J connectivity index is 2.83. The number of esters is 1. The summed E-state index contributed by atoms with van der Waals surface area (Å²) >= 11 is 0. The van der Waals surface area contributed by atoms with E-state index in [0.29, 0.717) is 0 Å². The van der Waals surface area contributed by atoms with Crippen molar-refractivity contribution in [2.24, 2.45) is 0 Å². The van der Waals surface area contributed by atoms with Crippen LogP contribution in [0.4, 0.5) is 8.78 Å². The molecule has 0 N–H and O–H groups in total. The molecular weight excluding hydrogens is 240 g/mol. The van der Waals surface area contributed by atoms with Gasteiger partial charge in [0.05, 0.1) is 13.7 Å². The minimum absolute atomic E-state index is 0.0202. The summed E-state index contributed by atoms with van der Waals surface area (Å²) in [6.07, 6.45) is 0. The van der Waals surface area contributed by atoms with Crippen molar-refractivity contribution in [2.45, 2.75) is 26.4 Å². The molecule has 0 amide bonds. The van der Waals surface area contributed by atoms with Crippen LogP contribution in [0.3, 0.4) is 0 Å². The molecule has 0 heterocycles. The van der Waals surface area contributed by atoms with Crippen LogP contribution in [0.25, 0.3) is 0 Å². The van der Waals surface area contributed by atoms with Crippen LogP contribution >= 0.6 is 0 Å². The van der Waals surface area contributed by atoms with Gasteiger partial charge in [0, 0.05) is 18.2 Å². The Labute approximate surface area is 105 Å². The van der Waals surface area contributed by atoms with Crippen LogP contribution in [0.2, 0.25) is 0 Å². The van der Waals surface area contributed by atoms with Crippen molar-refractivity contribution in [2.75, 3.05) is 13.7 Å². The maximum Gasteiger partial charge on any atom is 0.319 e. The lowest BCUT2D eigenvalue weighted by Gasteiger charge is -2.25. The third kappa shape index (κ3) is 4.07. The average Bonchev–Trinajstić information content (AvgIpc) is 2.32. The third-order valence-electron chi connectivity index (χ3n) is 2.67. The van der Waals surface area contributed by atoms with Crippen LogP contribution in [0, 0.1) is 11.6 Å². The second kappa shape index (κ2) is 6.44. The molecule has 1 aromatic carbocycles. The zero-order valence-corrected chi connectivity index (χ0v) is 10.7. The largest absolute Gasteiger partial charge is 0.468 e. The summed E-state index contributed by atoms with van der Waals surface area (Å²) in [7, 11) is 1.30. The predicted octanol–water partition coefficient (Wildman–Crippen LogP) is 2.35. The Kier molecular flexibility index (Phi) is 5.22. The molecule has 100 valence electrons. The highest BCUT2D eigenvalue weighted by molar-refractivity contribution is 5.71. The molecule has 1 aromatic rings. The molecule has 0 aromatic heterocycles. The first-order valence-electron chi connectivity index (χ1n) is 5.68. The van der Waals surface area contributed by atoms with Gasteiger partial charge in [0.25, 0.3) is 0 Å². The van der Waals surface area contributed by atoms with Crippen molar-refractivity contribution in [1.82, 2.24) is 4.90 Å². The first-order chi connectivity index (χ1) is 8.43. The quantitative estimate of drug-likeness (QED) is 0.758. The first-order valence-corrected chi connectivity index (χ1v) is 5.68. The Morgan fingerprint density at radius 2 is 2.06 bits per heavy atom. The summed E-state index contributed by atoms with van der Waals surface area (Å²) in [5.74, 6) is -1.37. The Hall–Kier alpha value is -1.49. The van der Waals surface area contributed by atoms with E-state index in [1.54, 1.807) is 4.90 Å². The van der Waals surface area contributed by atoms with Crippen LogP contribution in [0.5, 0.6) is 0 Å². The first kappa shape index (κ1) is 14.6. The Morgan fingerprint density at radius 3 is 2.61 bits per heavy atom. The summed E-state index contributed by atoms with van der Waals surface area (Å²) in [6.45, 7) is 3.96. The molecule has 0 fully saturated rings. The van der Waals surface area contributed by atoms with Gasteiger partial charge in [-0.05, 0) is 32.0 Å². The molecule has 0 radical (unpaired) electrons. The number of rotatable bonds is 5. The predicted molar refractivity (Wildman–Crippen MR) is 63.9 cm³/mol. The fourth-order valence-corrected chi connectivity index (χ4v) is 1.53. The SMILES string of the molecule is COC(=O)CN(Cc1cc(F)ccc1F)C(C)C. The summed E-state index contributed by atoms with van der Waals surface area (Å²) in [5, 5.41) is 0. The maximum absolute atomic E-state index is 13.5. The number of hydrogen-bond acceptors (Lipinski definition) is 3. The van der Waals surface area contributed by atoms with Crippen molar-refractivity contribution in [3.63, 3.8) is 0 Å². The van der Waals surface area contributed by atoms with E-state index in [9.17, 15) is 13.6 Å². The molecule has 5 heteroatoms. The second-order valence-electron chi connectivity index (χ2n) is 4.31. The van der Waals surface area contributed by atoms with Crippen LogP contribution < -0.4 is 0 Å². The fourth-order valence-electron chi connectivity index (χ4n) is 1.53. The number of nitrogens with zero attached hydrogens (tertiary/aromatic N) is 1. The van der Waals surface area contributed by atoms with Gasteiger partial charge in [-0.2, -0.15) is 0 Å². The third-order valence-corrected chi connectivity index (χ3v) is 2.67. The Morgan fingerprint density at radius 1 is 1.39 bits per heavy atom. The van der Waals surface area contributed by atoms with Gasteiger partial charge in [0.15, 0.2) is 0 Å². The summed E-state index contributed by atoms with van der Waals surface area (Å²) in [4.78, 5) is 12.9. The molecule has 0 aliphatic rings. The number of benzene rings is 1. The molecule has 0 saturated carbocycles. The van der Waals surface area contributed by atoms with E-state index in [2.05, 4.69) is 4.74 Å². The minimum atomic E-state index is -0.492. The number of methoxy groups -OCH3 is 1. The molecule has 0 saturated heterocycles. The highest BCUT2D eigenvalue weighted by atomic mass is 19.1. The van der Waals surface area contributed by atoms with E-state index in [1.165, 1.54) is 7.11 Å². The molecule has 0 aliphatic heterocycles. The van der Waals surface area contributed by atoms with E-state index in [1.807, 2.05) is 13.8 Å². The molecule has 0 spiro atoms. The van der Waals surface area contributed by atoms with Gasteiger partial charge in [-0.25, -0.2) is 8.78 Å². The second-order valence-corrected chi connectivity index (χ2v) is 4.31. The summed E-state index contributed by atoms with van der Waals surface area (Å²) in [5.41, 5.74) is 0.229. The number of carbonyl (C=O) groups excluding carboxylic acids is 1. The lowest BCUT2D eigenvalue weighted by atomic mass is 10.1. The molecule has 18 heavy (non-hydrogen) atoms. The normalized spacial score (nSPS) is 11.1. The molecular formula is C13H17F2NO2. The average molecular weight is 257 g/mol. The van der Waals surface area contributed by atoms with E-state index in [4.69, 9.17) is 0 Å². The molecule has 0 bridgehead atoms. The van der Waals surface area contributed by atoms with Crippen molar-refractivity contribution in [3.05, 3.63) is 35.4 Å². The summed E-state index contributed by atoms with van der Waals surface area (Å²) < 4.78 is 31.1. The monoisotopic (exact) mass is 257 g/mol. The standard InChI is InChI=1S/C13H17F2NO2/c1-9(2)16(8-13(17)18-3)7-10-6-11(14)4-5-12(10)15/h4-6,9H,7-8H2,1-3H3. The van der Waals surface area contributed by atoms with Gasteiger partial charge in [0.1, 0.15) is 11.6 Å². The minimum Gasteiger partial charge on any atom is -0.468 e. The number of ether oxygens (including phenoxy) is 1. The summed E-state index contributed by atoms with van der Waals surface area (Å²) in [6, 6.07) is 3.31. The van der Waals surface area contributed by atoms with Gasteiger partial charge in [-0.3, -0.25) is 9.69 Å². The van der Waals surface area contributed by atoms with Gasteiger partial charge in [-0.1, -0.05) is 0 Å². The van der Waals surface area contributed by atoms with Crippen molar-refractivity contribution in [3.8, 4) is 0 Å². The fraction of sp³-hybridized carbons (Fsp3) is 0.462. The molecule has 0 atom stereocenters. The lowest BCUT2D eigenvalue weighted by molar-refractivity contribution is -0.142.